The highest BCUT2D eigenvalue weighted by Gasteiger charge is 2.27. The molecule has 0 bridgehead atoms. The standard InChI is InChI=1S/C25H31N3O4/c1-15(2)23(28-16(3)29)25(30)27-14-20(18-10-8-12-22(31-4)24(18)32-5)19-13-26-21-11-7-6-9-17(19)21/h6-13,15,20,23,26H,14H2,1-5H3,(H,27,30)(H,28,29). The molecule has 1 aromatic heterocycles. The van der Waals surface area contributed by atoms with E-state index >= 15 is 0 Å². The van der Waals surface area contributed by atoms with Gasteiger partial charge in [-0.2, -0.15) is 0 Å². The fourth-order valence-electron chi connectivity index (χ4n) is 4.02. The third-order valence-electron chi connectivity index (χ3n) is 5.59. The van der Waals surface area contributed by atoms with Crippen molar-refractivity contribution in [2.75, 3.05) is 20.8 Å². The topological polar surface area (TPSA) is 92.5 Å². The number of para-hydroxylation sites is 2. The Bertz CT molecular complexity index is 1090. The zero-order valence-electron chi connectivity index (χ0n) is 19.2. The van der Waals surface area contributed by atoms with Crippen LogP contribution in [0.2, 0.25) is 0 Å². The molecule has 2 amide bonds. The van der Waals surface area contributed by atoms with E-state index in [9.17, 15) is 9.59 Å². The second kappa shape index (κ2) is 10.2. The van der Waals surface area contributed by atoms with Gasteiger partial charge in [-0.15, -0.1) is 0 Å². The summed E-state index contributed by atoms with van der Waals surface area (Å²) in [5.74, 6) is 0.548. The van der Waals surface area contributed by atoms with Crippen LogP contribution in [0, 0.1) is 5.92 Å². The lowest BCUT2D eigenvalue weighted by Gasteiger charge is -2.25. The highest BCUT2D eigenvalue weighted by Crippen LogP contribution is 2.40. The Kier molecular flexibility index (Phi) is 7.41. The molecule has 2 aromatic carbocycles. The molecule has 0 radical (unpaired) electrons. The van der Waals surface area contributed by atoms with Gasteiger partial charge < -0.3 is 25.1 Å². The van der Waals surface area contributed by atoms with Crippen molar-refractivity contribution in [3.05, 3.63) is 59.8 Å². The summed E-state index contributed by atoms with van der Waals surface area (Å²) < 4.78 is 11.2. The first-order chi connectivity index (χ1) is 15.4. The molecule has 0 saturated carbocycles. The van der Waals surface area contributed by atoms with Crippen LogP contribution in [0.25, 0.3) is 10.9 Å². The molecule has 2 atom stereocenters. The second-order valence-electron chi connectivity index (χ2n) is 8.09. The summed E-state index contributed by atoms with van der Waals surface area (Å²) in [6.45, 7) is 5.55. The average Bonchev–Trinajstić information content (AvgIpc) is 3.21. The van der Waals surface area contributed by atoms with Crippen LogP contribution in [0.5, 0.6) is 11.5 Å². The Morgan fingerprint density at radius 1 is 1.00 bits per heavy atom. The van der Waals surface area contributed by atoms with Gasteiger partial charge in [0, 0.05) is 42.0 Å². The molecule has 2 unspecified atom stereocenters. The number of carbonyl (C=O) groups excluding carboxylic acids is 2. The van der Waals surface area contributed by atoms with Gasteiger partial charge in [0.25, 0.3) is 0 Å². The number of hydrogen-bond donors (Lipinski definition) is 3. The summed E-state index contributed by atoms with van der Waals surface area (Å²) in [5, 5.41) is 6.86. The van der Waals surface area contributed by atoms with Crippen molar-refractivity contribution in [2.24, 2.45) is 5.92 Å². The highest BCUT2D eigenvalue weighted by atomic mass is 16.5. The molecule has 0 saturated heterocycles. The third-order valence-corrected chi connectivity index (χ3v) is 5.59. The maximum Gasteiger partial charge on any atom is 0.242 e. The van der Waals surface area contributed by atoms with E-state index in [0.717, 1.165) is 22.0 Å². The molecule has 3 aromatic rings. The highest BCUT2D eigenvalue weighted by molar-refractivity contribution is 5.88. The van der Waals surface area contributed by atoms with Crippen LogP contribution >= 0.6 is 0 Å². The van der Waals surface area contributed by atoms with Crippen LogP contribution in [-0.2, 0) is 9.59 Å². The molecule has 1 heterocycles. The minimum atomic E-state index is -0.608. The van der Waals surface area contributed by atoms with Gasteiger partial charge in [-0.3, -0.25) is 9.59 Å². The quantitative estimate of drug-likeness (QED) is 0.477. The SMILES string of the molecule is COc1cccc(C(CNC(=O)C(NC(C)=O)C(C)C)c2c[nH]c3ccccc23)c1OC. The Hall–Kier alpha value is -3.48. The first kappa shape index (κ1) is 23.2. The maximum atomic E-state index is 13.0. The third kappa shape index (κ3) is 4.88. The molecule has 0 fully saturated rings. The van der Waals surface area contributed by atoms with Crippen LogP contribution in [0.3, 0.4) is 0 Å². The van der Waals surface area contributed by atoms with Crippen molar-refractivity contribution in [2.45, 2.75) is 32.7 Å². The Labute approximate surface area is 188 Å². The van der Waals surface area contributed by atoms with E-state index in [4.69, 9.17) is 9.47 Å². The molecule has 0 aliphatic heterocycles. The molecule has 3 N–H and O–H groups in total. The second-order valence-corrected chi connectivity index (χ2v) is 8.09. The molecular formula is C25H31N3O4. The summed E-state index contributed by atoms with van der Waals surface area (Å²) in [6, 6.07) is 13.2. The van der Waals surface area contributed by atoms with Crippen LogP contribution in [0.4, 0.5) is 0 Å². The molecule has 7 nitrogen and oxygen atoms in total. The van der Waals surface area contributed by atoms with E-state index in [2.05, 4.69) is 21.7 Å². The van der Waals surface area contributed by atoms with Crippen molar-refractivity contribution in [1.82, 2.24) is 15.6 Å². The Morgan fingerprint density at radius 3 is 2.41 bits per heavy atom. The number of ether oxygens (including phenoxy) is 2. The number of rotatable bonds is 9. The molecule has 170 valence electrons. The number of H-pyrrole nitrogens is 1. The van der Waals surface area contributed by atoms with E-state index in [0.29, 0.717) is 18.0 Å². The number of hydrogen-bond acceptors (Lipinski definition) is 4. The van der Waals surface area contributed by atoms with Crippen molar-refractivity contribution in [1.29, 1.82) is 0 Å². The van der Waals surface area contributed by atoms with Gasteiger partial charge in [-0.25, -0.2) is 0 Å². The zero-order valence-corrected chi connectivity index (χ0v) is 19.2. The van der Waals surface area contributed by atoms with Gasteiger partial charge in [0.1, 0.15) is 6.04 Å². The van der Waals surface area contributed by atoms with Gasteiger partial charge >= 0.3 is 0 Å². The lowest BCUT2D eigenvalue weighted by atomic mass is 9.89. The summed E-state index contributed by atoms with van der Waals surface area (Å²) in [5.41, 5.74) is 2.95. The van der Waals surface area contributed by atoms with Crippen LogP contribution < -0.4 is 20.1 Å². The summed E-state index contributed by atoms with van der Waals surface area (Å²) in [7, 11) is 3.21. The molecule has 32 heavy (non-hydrogen) atoms. The van der Waals surface area contributed by atoms with Crippen LogP contribution in [0.15, 0.2) is 48.7 Å². The normalized spacial score (nSPS) is 12.9. The van der Waals surface area contributed by atoms with E-state index in [1.807, 2.05) is 56.4 Å². The Morgan fingerprint density at radius 2 is 1.75 bits per heavy atom. The van der Waals surface area contributed by atoms with Crippen molar-refractivity contribution in [3.63, 3.8) is 0 Å². The number of amides is 2. The predicted octanol–water partition coefficient (Wildman–Crippen LogP) is 3.59. The van der Waals surface area contributed by atoms with E-state index in [1.54, 1.807) is 14.2 Å². The monoisotopic (exact) mass is 437 g/mol. The van der Waals surface area contributed by atoms with E-state index in [1.165, 1.54) is 6.92 Å². The largest absolute Gasteiger partial charge is 0.493 e. The fraction of sp³-hybridized carbons (Fsp3) is 0.360. The zero-order chi connectivity index (χ0) is 23.3. The molecule has 0 aliphatic rings. The number of aromatic amines is 1. The van der Waals surface area contributed by atoms with Crippen molar-refractivity contribution < 1.29 is 19.1 Å². The van der Waals surface area contributed by atoms with Gasteiger partial charge in [0.05, 0.1) is 14.2 Å². The summed E-state index contributed by atoms with van der Waals surface area (Å²) >= 11 is 0. The van der Waals surface area contributed by atoms with E-state index < -0.39 is 6.04 Å². The summed E-state index contributed by atoms with van der Waals surface area (Å²) in [6.07, 6.45) is 1.97. The Balaban J connectivity index is 2.01. The summed E-state index contributed by atoms with van der Waals surface area (Å²) in [4.78, 5) is 27.9. The van der Waals surface area contributed by atoms with Gasteiger partial charge in [-0.1, -0.05) is 44.2 Å². The molecular weight excluding hydrogens is 406 g/mol. The van der Waals surface area contributed by atoms with Crippen molar-refractivity contribution >= 4 is 22.7 Å². The van der Waals surface area contributed by atoms with Gasteiger partial charge in [0.2, 0.25) is 11.8 Å². The maximum absolute atomic E-state index is 13.0. The molecule has 3 rings (SSSR count). The number of nitrogens with one attached hydrogen (secondary N) is 3. The first-order valence-electron chi connectivity index (χ1n) is 10.7. The molecule has 0 aliphatic carbocycles. The lowest BCUT2D eigenvalue weighted by molar-refractivity contribution is -0.129. The number of methoxy groups -OCH3 is 2. The first-order valence-corrected chi connectivity index (χ1v) is 10.7. The van der Waals surface area contributed by atoms with Crippen LogP contribution in [0.1, 0.15) is 37.8 Å². The van der Waals surface area contributed by atoms with Gasteiger partial charge in [-0.05, 0) is 23.6 Å². The minimum Gasteiger partial charge on any atom is -0.493 e. The van der Waals surface area contributed by atoms with E-state index in [-0.39, 0.29) is 23.7 Å². The fourth-order valence-corrected chi connectivity index (χ4v) is 4.02. The van der Waals surface area contributed by atoms with Crippen molar-refractivity contribution in [3.8, 4) is 11.5 Å². The lowest BCUT2D eigenvalue weighted by Crippen LogP contribution is -2.49. The number of aromatic nitrogens is 1. The van der Waals surface area contributed by atoms with Gasteiger partial charge in [0.15, 0.2) is 11.5 Å². The number of carbonyl (C=O) groups is 2. The smallest absolute Gasteiger partial charge is 0.242 e. The molecule has 7 heteroatoms. The minimum absolute atomic E-state index is 0.0446. The van der Waals surface area contributed by atoms with Crippen LogP contribution in [-0.4, -0.2) is 43.6 Å². The number of fused-ring (bicyclic) bond motifs is 1. The number of benzene rings is 2. The predicted molar refractivity (Wildman–Crippen MR) is 125 cm³/mol. The molecule has 0 spiro atoms. The average molecular weight is 438 g/mol.